The van der Waals surface area contributed by atoms with Gasteiger partial charge in [0.2, 0.25) is 5.95 Å². The number of nitrogens with zero attached hydrogens (tertiary/aromatic N) is 6. The molecular weight excluding hydrogens is 446 g/mol. The molecule has 0 saturated carbocycles. The topological polar surface area (TPSA) is 107 Å². The van der Waals surface area contributed by atoms with Gasteiger partial charge in [0.15, 0.2) is 5.82 Å². The van der Waals surface area contributed by atoms with E-state index in [9.17, 15) is 4.79 Å². The fourth-order valence-electron chi connectivity index (χ4n) is 3.84. The number of carbonyl (C=O) groups is 1. The van der Waals surface area contributed by atoms with Crippen molar-refractivity contribution >= 4 is 23.4 Å². The van der Waals surface area contributed by atoms with Crippen molar-refractivity contribution < 1.29 is 14.3 Å². The summed E-state index contributed by atoms with van der Waals surface area (Å²) in [5.74, 6) is 0.353. The molecule has 35 heavy (non-hydrogen) atoms. The maximum atomic E-state index is 13.2. The molecule has 4 aromatic rings. The van der Waals surface area contributed by atoms with E-state index in [1.807, 2.05) is 53.6 Å². The summed E-state index contributed by atoms with van der Waals surface area (Å²) >= 11 is 0. The van der Waals surface area contributed by atoms with E-state index >= 15 is 0 Å². The lowest BCUT2D eigenvalue weighted by atomic mass is 10.1. The van der Waals surface area contributed by atoms with Crippen molar-refractivity contribution in [1.82, 2.24) is 24.7 Å². The molecule has 1 aromatic carbocycles. The second-order valence-corrected chi connectivity index (χ2v) is 7.78. The van der Waals surface area contributed by atoms with Crippen LogP contribution in [0.15, 0.2) is 67.3 Å². The van der Waals surface area contributed by atoms with Gasteiger partial charge in [0.1, 0.15) is 5.56 Å². The van der Waals surface area contributed by atoms with Crippen LogP contribution in [-0.2, 0) is 9.47 Å². The van der Waals surface area contributed by atoms with Crippen LogP contribution in [0.2, 0.25) is 0 Å². The molecule has 1 saturated heterocycles. The SMILES string of the molecule is CCOC(=O)c1c(Nc2cccnc2)nc(N2CCOCC2)nc1-c1cccc(-n2cccn2)c1. The van der Waals surface area contributed by atoms with Gasteiger partial charge in [-0.25, -0.2) is 14.5 Å². The van der Waals surface area contributed by atoms with Crippen LogP contribution in [0.3, 0.4) is 0 Å². The number of aromatic nitrogens is 5. The van der Waals surface area contributed by atoms with E-state index in [0.29, 0.717) is 49.5 Å². The molecule has 0 atom stereocenters. The Hall–Kier alpha value is -4.31. The third-order valence-electron chi connectivity index (χ3n) is 5.48. The highest BCUT2D eigenvalue weighted by Gasteiger charge is 2.26. The number of esters is 1. The average molecular weight is 472 g/mol. The molecule has 0 spiro atoms. The maximum Gasteiger partial charge on any atom is 0.344 e. The molecule has 0 aliphatic carbocycles. The van der Waals surface area contributed by atoms with E-state index in [-0.39, 0.29) is 12.2 Å². The first-order valence-corrected chi connectivity index (χ1v) is 11.4. The second kappa shape index (κ2) is 10.3. The lowest BCUT2D eigenvalue weighted by Crippen LogP contribution is -2.37. The van der Waals surface area contributed by atoms with Crippen molar-refractivity contribution in [2.24, 2.45) is 0 Å². The molecule has 5 rings (SSSR count). The fraction of sp³-hybridized carbons (Fsp3) is 0.240. The highest BCUT2D eigenvalue weighted by atomic mass is 16.5. The number of pyridine rings is 1. The highest BCUT2D eigenvalue weighted by Crippen LogP contribution is 2.32. The lowest BCUT2D eigenvalue weighted by molar-refractivity contribution is 0.0527. The van der Waals surface area contributed by atoms with Crippen LogP contribution in [0, 0.1) is 0 Å². The number of nitrogens with one attached hydrogen (secondary N) is 1. The zero-order chi connectivity index (χ0) is 24.0. The first kappa shape index (κ1) is 22.5. The first-order valence-electron chi connectivity index (χ1n) is 11.4. The van der Waals surface area contributed by atoms with E-state index < -0.39 is 5.97 Å². The smallest absolute Gasteiger partial charge is 0.344 e. The molecule has 1 aliphatic rings. The Labute approximate surface area is 202 Å². The molecule has 178 valence electrons. The molecule has 0 amide bonds. The van der Waals surface area contributed by atoms with Crippen LogP contribution in [0.5, 0.6) is 0 Å². The third kappa shape index (κ3) is 4.97. The molecule has 0 unspecified atom stereocenters. The second-order valence-electron chi connectivity index (χ2n) is 7.78. The summed E-state index contributed by atoms with van der Waals surface area (Å²) in [6, 6.07) is 13.2. The van der Waals surface area contributed by atoms with Crippen molar-refractivity contribution in [1.29, 1.82) is 0 Å². The largest absolute Gasteiger partial charge is 0.462 e. The molecule has 0 bridgehead atoms. The third-order valence-corrected chi connectivity index (χ3v) is 5.48. The monoisotopic (exact) mass is 471 g/mol. The van der Waals surface area contributed by atoms with Crippen molar-refractivity contribution in [3.05, 3.63) is 72.8 Å². The molecule has 4 heterocycles. The summed E-state index contributed by atoms with van der Waals surface area (Å²) in [4.78, 5) is 29.1. The van der Waals surface area contributed by atoms with Crippen molar-refractivity contribution in [3.63, 3.8) is 0 Å². The van der Waals surface area contributed by atoms with Gasteiger partial charge in [-0.2, -0.15) is 10.1 Å². The van der Waals surface area contributed by atoms with Crippen LogP contribution in [-0.4, -0.2) is 63.6 Å². The molecule has 1 aliphatic heterocycles. The van der Waals surface area contributed by atoms with Gasteiger partial charge in [-0.15, -0.1) is 0 Å². The molecular formula is C25H25N7O3. The Morgan fingerprint density at radius 3 is 2.74 bits per heavy atom. The number of benzene rings is 1. The van der Waals surface area contributed by atoms with Gasteiger partial charge in [0.25, 0.3) is 0 Å². The van der Waals surface area contributed by atoms with Crippen molar-refractivity contribution in [2.75, 3.05) is 43.1 Å². The number of anilines is 3. The van der Waals surface area contributed by atoms with Crippen molar-refractivity contribution in [3.8, 4) is 16.9 Å². The summed E-state index contributed by atoms with van der Waals surface area (Å²) in [7, 11) is 0. The fourth-order valence-corrected chi connectivity index (χ4v) is 3.84. The Morgan fingerprint density at radius 2 is 2.00 bits per heavy atom. The van der Waals surface area contributed by atoms with Gasteiger partial charge in [0.05, 0.1) is 43.1 Å². The standard InChI is InChI=1S/C25H25N7O3/c1-2-35-24(33)21-22(18-6-3-8-20(16-18)32-11-5-10-27-32)29-25(31-12-14-34-15-13-31)30-23(21)28-19-7-4-9-26-17-19/h3-11,16-17H,2,12-15H2,1H3,(H,28,29,30). The molecule has 0 radical (unpaired) electrons. The quantitative estimate of drug-likeness (QED) is 0.405. The first-order chi connectivity index (χ1) is 17.2. The van der Waals surface area contributed by atoms with E-state index in [2.05, 4.69) is 15.4 Å². The Morgan fingerprint density at radius 1 is 1.11 bits per heavy atom. The van der Waals surface area contributed by atoms with Gasteiger partial charge in [0, 0.05) is 37.2 Å². The van der Waals surface area contributed by atoms with Crippen LogP contribution in [0.1, 0.15) is 17.3 Å². The Balaban J connectivity index is 1.69. The van der Waals surface area contributed by atoms with Gasteiger partial charge in [-0.3, -0.25) is 4.98 Å². The van der Waals surface area contributed by atoms with E-state index in [1.54, 1.807) is 30.2 Å². The Kier molecular flexibility index (Phi) is 6.62. The van der Waals surface area contributed by atoms with Crippen LogP contribution in [0.4, 0.5) is 17.5 Å². The number of rotatable bonds is 7. The minimum Gasteiger partial charge on any atom is -0.462 e. The Bertz CT molecular complexity index is 1290. The number of hydrogen-bond donors (Lipinski definition) is 1. The maximum absolute atomic E-state index is 13.2. The van der Waals surface area contributed by atoms with E-state index in [1.165, 1.54) is 0 Å². The average Bonchev–Trinajstić information content (AvgIpc) is 3.45. The van der Waals surface area contributed by atoms with E-state index in [4.69, 9.17) is 19.4 Å². The molecule has 10 heteroatoms. The summed E-state index contributed by atoms with van der Waals surface area (Å²) in [6.07, 6.45) is 6.93. The minimum absolute atomic E-state index is 0.225. The van der Waals surface area contributed by atoms with Gasteiger partial charge in [-0.05, 0) is 37.3 Å². The summed E-state index contributed by atoms with van der Waals surface area (Å²) in [6.45, 7) is 4.46. The lowest BCUT2D eigenvalue weighted by Gasteiger charge is -2.28. The van der Waals surface area contributed by atoms with Crippen LogP contribution < -0.4 is 10.2 Å². The molecule has 10 nitrogen and oxygen atoms in total. The summed E-state index contributed by atoms with van der Waals surface area (Å²) in [5.41, 5.74) is 3.01. The van der Waals surface area contributed by atoms with Gasteiger partial charge < -0.3 is 19.7 Å². The predicted molar refractivity (Wildman–Crippen MR) is 131 cm³/mol. The number of carbonyl (C=O) groups excluding carboxylic acids is 1. The number of hydrogen-bond acceptors (Lipinski definition) is 9. The van der Waals surface area contributed by atoms with Crippen molar-refractivity contribution in [2.45, 2.75) is 6.92 Å². The molecule has 1 fully saturated rings. The van der Waals surface area contributed by atoms with E-state index in [0.717, 1.165) is 11.3 Å². The normalized spacial score (nSPS) is 13.5. The molecule has 1 N–H and O–H groups in total. The van der Waals surface area contributed by atoms with Gasteiger partial charge >= 0.3 is 5.97 Å². The minimum atomic E-state index is -0.507. The molecule has 3 aromatic heterocycles. The zero-order valence-corrected chi connectivity index (χ0v) is 19.3. The van der Waals surface area contributed by atoms with Crippen LogP contribution >= 0.6 is 0 Å². The summed E-state index contributed by atoms with van der Waals surface area (Å²) in [5, 5.41) is 7.58. The zero-order valence-electron chi connectivity index (χ0n) is 19.3. The highest BCUT2D eigenvalue weighted by molar-refractivity contribution is 6.02. The number of morpholine rings is 1. The van der Waals surface area contributed by atoms with Crippen LogP contribution in [0.25, 0.3) is 16.9 Å². The summed E-state index contributed by atoms with van der Waals surface area (Å²) < 4.78 is 12.7. The number of ether oxygens (including phenoxy) is 2. The predicted octanol–water partition coefficient (Wildman–Crippen LogP) is 3.48. The van der Waals surface area contributed by atoms with Gasteiger partial charge in [-0.1, -0.05) is 12.1 Å².